The van der Waals surface area contributed by atoms with Crippen LogP contribution in [0, 0.1) is 0 Å². The number of rotatable bonds is 7. The normalized spacial score (nSPS) is 13.0. The summed E-state index contributed by atoms with van der Waals surface area (Å²) in [7, 11) is 1.60. The molecule has 9 heteroatoms. The van der Waals surface area contributed by atoms with Crippen LogP contribution >= 0.6 is 28.1 Å². The van der Waals surface area contributed by atoms with Crippen LogP contribution in [0.2, 0.25) is 0 Å². The first kappa shape index (κ1) is 23.2. The van der Waals surface area contributed by atoms with E-state index in [4.69, 9.17) is 21.7 Å². The van der Waals surface area contributed by atoms with E-state index in [2.05, 4.69) is 26.6 Å². The highest BCUT2D eigenvalue weighted by molar-refractivity contribution is 9.10. The van der Waals surface area contributed by atoms with E-state index in [0.717, 1.165) is 25.9 Å². The van der Waals surface area contributed by atoms with E-state index >= 15 is 0 Å². The molecule has 164 valence electrons. The lowest BCUT2D eigenvalue weighted by atomic mass is 10.2. The number of carbonyl (C=O) groups is 2. The molecule has 2 N–H and O–H groups in total. The molecule has 2 aromatic rings. The molecular weight excluding hydrogens is 482 g/mol. The van der Waals surface area contributed by atoms with E-state index in [9.17, 15) is 9.59 Å². The summed E-state index contributed by atoms with van der Waals surface area (Å²) >= 11 is 8.68. The number of benzene rings is 2. The molecule has 0 spiro atoms. The van der Waals surface area contributed by atoms with Crippen LogP contribution in [-0.2, 0) is 4.74 Å². The molecule has 1 heterocycles. The smallest absolute Gasteiger partial charge is 0.257 e. The van der Waals surface area contributed by atoms with Gasteiger partial charge in [0.2, 0.25) is 0 Å². The molecule has 7 nitrogen and oxygen atoms in total. The summed E-state index contributed by atoms with van der Waals surface area (Å²) in [6, 6.07) is 12.1. The summed E-state index contributed by atoms with van der Waals surface area (Å²) in [6.45, 7) is 2.46. The van der Waals surface area contributed by atoms with Gasteiger partial charge >= 0.3 is 0 Å². The number of nitrogens with zero attached hydrogens (tertiary/aromatic N) is 1. The first-order valence-electron chi connectivity index (χ1n) is 9.91. The highest BCUT2D eigenvalue weighted by Gasteiger charge is 2.19. The number of amides is 2. The summed E-state index contributed by atoms with van der Waals surface area (Å²) < 4.78 is 11.2. The van der Waals surface area contributed by atoms with E-state index in [1.807, 2.05) is 4.90 Å². The lowest BCUT2D eigenvalue weighted by molar-refractivity contribution is 0.0792. The number of anilines is 1. The predicted molar refractivity (Wildman–Crippen MR) is 127 cm³/mol. The predicted octanol–water partition coefficient (Wildman–Crippen LogP) is 3.84. The summed E-state index contributed by atoms with van der Waals surface area (Å²) in [4.78, 5) is 26.9. The molecule has 2 aromatic carbocycles. The van der Waals surface area contributed by atoms with Crippen molar-refractivity contribution in [2.75, 3.05) is 38.7 Å². The standard InChI is InChI=1S/C22H24BrN3O4S/c1-29-11-12-30-19-8-7-15(14-18(19)23)20(27)25-22(31)24-17-6-4-5-16(13-17)21(28)26-9-2-3-10-26/h4-8,13-14H,2-3,9-12H2,1H3,(H2,24,25,27,31). The Kier molecular flexibility index (Phi) is 8.39. The van der Waals surface area contributed by atoms with Crippen LogP contribution < -0.4 is 15.4 Å². The third-order valence-corrected chi connectivity index (χ3v) is 5.55. The van der Waals surface area contributed by atoms with E-state index in [1.54, 1.807) is 49.6 Å². The second kappa shape index (κ2) is 11.2. The number of methoxy groups -OCH3 is 1. The molecule has 1 aliphatic rings. The fourth-order valence-corrected chi connectivity index (χ4v) is 3.87. The number of nitrogens with one attached hydrogen (secondary N) is 2. The number of halogens is 1. The number of thiocarbonyl (C=S) groups is 1. The van der Waals surface area contributed by atoms with Crippen molar-refractivity contribution >= 4 is 50.8 Å². The van der Waals surface area contributed by atoms with Crippen molar-refractivity contribution in [2.24, 2.45) is 0 Å². The molecule has 1 aliphatic heterocycles. The van der Waals surface area contributed by atoms with Gasteiger partial charge in [-0.3, -0.25) is 14.9 Å². The maximum absolute atomic E-state index is 12.6. The third kappa shape index (κ3) is 6.49. The first-order valence-corrected chi connectivity index (χ1v) is 11.1. The molecule has 0 unspecified atom stereocenters. The van der Waals surface area contributed by atoms with Crippen LogP contribution in [0.15, 0.2) is 46.9 Å². The average molecular weight is 506 g/mol. The molecule has 2 amide bonds. The van der Waals surface area contributed by atoms with Crippen molar-refractivity contribution < 1.29 is 19.1 Å². The molecule has 1 saturated heterocycles. The number of hydrogen-bond acceptors (Lipinski definition) is 5. The summed E-state index contributed by atoms with van der Waals surface area (Å²) in [5.74, 6) is 0.272. The van der Waals surface area contributed by atoms with Crippen LogP contribution in [-0.4, -0.2) is 55.2 Å². The van der Waals surface area contributed by atoms with Crippen LogP contribution in [0.1, 0.15) is 33.6 Å². The van der Waals surface area contributed by atoms with Gasteiger partial charge in [0, 0.05) is 37.0 Å². The summed E-state index contributed by atoms with van der Waals surface area (Å²) in [6.07, 6.45) is 2.08. The molecule has 0 aromatic heterocycles. The van der Waals surface area contributed by atoms with Crippen molar-refractivity contribution in [3.8, 4) is 5.75 Å². The molecule has 0 saturated carbocycles. The molecule has 0 atom stereocenters. The number of hydrogen-bond donors (Lipinski definition) is 2. The molecule has 1 fully saturated rings. The average Bonchev–Trinajstić information content (AvgIpc) is 3.29. The third-order valence-electron chi connectivity index (χ3n) is 4.73. The van der Waals surface area contributed by atoms with Gasteiger partial charge in [-0.2, -0.15) is 0 Å². The lowest BCUT2D eigenvalue weighted by Gasteiger charge is -2.16. The summed E-state index contributed by atoms with van der Waals surface area (Å²) in [5, 5.41) is 5.76. The minimum absolute atomic E-state index is 0.00811. The van der Waals surface area contributed by atoms with Crippen molar-refractivity contribution in [2.45, 2.75) is 12.8 Å². The minimum atomic E-state index is -0.356. The van der Waals surface area contributed by atoms with Gasteiger partial charge in [-0.05, 0) is 77.4 Å². The Morgan fingerprint density at radius 2 is 1.87 bits per heavy atom. The van der Waals surface area contributed by atoms with Gasteiger partial charge in [0.15, 0.2) is 5.11 Å². The molecule has 0 aliphatic carbocycles. The van der Waals surface area contributed by atoms with Crippen molar-refractivity contribution in [1.82, 2.24) is 10.2 Å². The zero-order chi connectivity index (χ0) is 22.2. The Balaban J connectivity index is 1.58. The number of carbonyl (C=O) groups excluding carboxylic acids is 2. The van der Waals surface area contributed by atoms with Gasteiger partial charge in [0.05, 0.1) is 11.1 Å². The van der Waals surface area contributed by atoms with Gasteiger partial charge in [-0.15, -0.1) is 0 Å². The molecule has 0 radical (unpaired) electrons. The van der Waals surface area contributed by atoms with Crippen LogP contribution in [0.3, 0.4) is 0 Å². The maximum Gasteiger partial charge on any atom is 0.257 e. The molecule has 0 bridgehead atoms. The minimum Gasteiger partial charge on any atom is -0.490 e. The number of ether oxygens (including phenoxy) is 2. The Morgan fingerprint density at radius 1 is 1.10 bits per heavy atom. The van der Waals surface area contributed by atoms with Gasteiger partial charge < -0.3 is 19.7 Å². The Morgan fingerprint density at radius 3 is 2.58 bits per heavy atom. The second-order valence-corrected chi connectivity index (χ2v) is 8.24. The van der Waals surface area contributed by atoms with Crippen LogP contribution in [0.5, 0.6) is 5.75 Å². The van der Waals surface area contributed by atoms with Gasteiger partial charge in [-0.1, -0.05) is 6.07 Å². The van der Waals surface area contributed by atoms with Crippen LogP contribution in [0.25, 0.3) is 0 Å². The second-order valence-electron chi connectivity index (χ2n) is 6.97. The summed E-state index contributed by atoms with van der Waals surface area (Å²) in [5.41, 5.74) is 1.65. The van der Waals surface area contributed by atoms with Gasteiger partial charge in [-0.25, -0.2) is 0 Å². The van der Waals surface area contributed by atoms with Gasteiger partial charge in [0.25, 0.3) is 11.8 Å². The SMILES string of the molecule is COCCOc1ccc(C(=O)NC(=S)Nc2cccc(C(=O)N3CCCC3)c2)cc1Br. The fourth-order valence-electron chi connectivity index (χ4n) is 3.16. The van der Waals surface area contributed by atoms with Crippen molar-refractivity contribution in [1.29, 1.82) is 0 Å². The molecular formula is C22H24BrN3O4S. The van der Waals surface area contributed by atoms with Gasteiger partial charge in [0.1, 0.15) is 12.4 Å². The monoisotopic (exact) mass is 505 g/mol. The molecule has 31 heavy (non-hydrogen) atoms. The zero-order valence-corrected chi connectivity index (χ0v) is 19.6. The zero-order valence-electron chi connectivity index (χ0n) is 17.2. The van der Waals surface area contributed by atoms with E-state index in [0.29, 0.717) is 40.3 Å². The number of likely N-dealkylation sites (tertiary alicyclic amines) is 1. The fraction of sp³-hybridized carbons (Fsp3) is 0.318. The van der Waals surface area contributed by atoms with E-state index in [1.165, 1.54) is 0 Å². The Bertz CT molecular complexity index is 964. The maximum atomic E-state index is 12.6. The van der Waals surface area contributed by atoms with Crippen molar-refractivity contribution in [3.05, 3.63) is 58.1 Å². The van der Waals surface area contributed by atoms with Crippen LogP contribution in [0.4, 0.5) is 5.69 Å². The van der Waals surface area contributed by atoms with Crippen molar-refractivity contribution in [3.63, 3.8) is 0 Å². The topological polar surface area (TPSA) is 79.9 Å². The highest BCUT2D eigenvalue weighted by atomic mass is 79.9. The Hall–Kier alpha value is -2.49. The first-order chi connectivity index (χ1) is 15.0. The lowest BCUT2D eigenvalue weighted by Crippen LogP contribution is -2.34. The van der Waals surface area contributed by atoms with E-state index in [-0.39, 0.29) is 16.9 Å². The molecule has 3 rings (SSSR count). The Labute approximate surface area is 195 Å². The largest absolute Gasteiger partial charge is 0.490 e. The van der Waals surface area contributed by atoms with E-state index < -0.39 is 0 Å². The quantitative estimate of drug-likeness (QED) is 0.439. The highest BCUT2D eigenvalue weighted by Crippen LogP contribution is 2.26.